The Bertz CT molecular complexity index is 642. The van der Waals surface area contributed by atoms with Crippen LogP contribution in [0.5, 0.6) is 0 Å². The van der Waals surface area contributed by atoms with Crippen molar-refractivity contribution in [2.75, 3.05) is 6.61 Å². The summed E-state index contributed by atoms with van der Waals surface area (Å²) in [5, 5.41) is 0. The summed E-state index contributed by atoms with van der Waals surface area (Å²) in [6.45, 7) is 9.44. The van der Waals surface area contributed by atoms with Crippen LogP contribution in [0.25, 0.3) is 0 Å². The molecule has 29 heavy (non-hydrogen) atoms. The van der Waals surface area contributed by atoms with Crippen LogP contribution < -0.4 is 0 Å². The van der Waals surface area contributed by atoms with Crippen molar-refractivity contribution < 1.29 is 14.3 Å². The zero-order chi connectivity index (χ0) is 20.8. The lowest BCUT2D eigenvalue weighted by atomic mass is 9.44. The first-order valence-corrected chi connectivity index (χ1v) is 12.5. The molecule has 4 aliphatic carbocycles. The minimum absolute atomic E-state index is 0.0855. The van der Waals surface area contributed by atoms with Crippen molar-refractivity contribution >= 4 is 11.8 Å². The number of fused-ring (bicyclic) bond motifs is 5. The standard InChI is InChI=1S/C26H42O3/c1-5-29-24(28)14-9-17(2)20-12-13-21-19-11-10-18-8-6-7-15-25(18,3)22(19)16-23(27)26(20,21)4/h17-22H,5-16H2,1-4H3/t17-,18-,19+,20-,21+,22+,25+,26-/m1/s1. The Morgan fingerprint density at radius 2 is 1.90 bits per heavy atom. The third-order valence-electron chi connectivity index (χ3n) is 10.3. The molecule has 0 aromatic rings. The van der Waals surface area contributed by atoms with E-state index in [-0.39, 0.29) is 11.4 Å². The van der Waals surface area contributed by atoms with Gasteiger partial charge in [-0.15, -0.1) is 0 Å². The third kappa shape index (κ3) is 3.39. The molecule has 0 saturated heterocycles. The molecule has 0 bridgehead atoms. The van der Waals surface area contributed by atoms with Crippen LogP contribution in [-0.4, -0.2) is 18.4 Å². The fourth-order valence-corrected chi connectivity index (χ4v) is 8.72. The van der Waals surface area contributed by atoms with Gasteiger partial charge in [-0.3, -0.25) is 9.59 Å². The highest BCUT2D eigenvalue weighted by Gasteiger charge is 2.63. The minimum Gasteiger partial charge on any atom is -0.466 e. The maximum atomic E-state index is 13.7. The third-order valence-corrected chi connectivity index (χ3v) is 10.3. The fourth-order valence-electron chi connectivity index (χ4n) is 8.72. The lowest BCUT2D eigenvalue weighted by Crippen LogP contribution is -2.56. The van der Waals surface area contributed by atoms with Gasteiger partial charge in [0.15, 0.2) is 0 Å². The summed E-state index contributed by atoms with van der Waals surface area (Å²) < 4.78 is 5.13. The van der Waals surface area contributed by atoms with Crippen molar-refractivity contribution in [3.05, 3.63) is 0 Å². The Hall–Kier alpha value is -0.860. The maximum Gasteiger partial charge on any atom is 0.305 e. The number of Topliss-reactive ketones (excluding diaryl/α,β-unsaturated/α-hetero) is 1. The quantitative estimate of drug-likeness (QED) is 0.515. The van der Waals surface area contributed by atoms with E-state index in [4.69, 9.17) is 4.74 Å². The lowest BCUT2D eigenvalue weighted by molar-refractivity contribution is -0.157. The second-order valence-electron chi connectivity index (χ2n) is 11.3. The molecule has 0 radical (unpaired) electrons. The van der Waals surface area contributed by atoms with E-state index in [1.165, 1.54) is 51.4 Å². The van der Waals surface area contributed by atoms with Gasteiger partial charge in [0, 0.05) is 18.3 Å². The van der Waals surface area contributed by atoms with E-state index in [9.17, 15) is 9.59 Å². The summed E-state index contributed by atoms with van der Waals surface area (Å²) in [5.41, 5.74) is 0.249. The first-order chi connectivity index (χ1) is 13.8. The number of rotatable bonds is 5. The monoisotopic (exact) mass is 402 g/mol. The number of ketones is 1. The number of carbonyl (C=O) groups is 2. The van der Waals surface area contributed by atoms with E-state index >= 15 is 0 Å². The van der Waals surface area contributed by atoms with E-state index < -0.39 is 0 Å². The van der Waals surface area contributed by atoms with Gasteiger partial charge in [-0.1, -0.05) is 33.6 Å². The van der Waals surface area contributed by atoms with Crippen molar-refractivity contribution in [3.63, 3.8) is 0 Å². The number of ether oxygens (including phenoxy) is 1. The summed E-state index contributed by atoms with van der Waals surface area (Å²) in [6.07, 6.45) is 12.8. The predicted molar refractivity (Wildman–Crippen MR) is 115 cm³/mol. The van der Waals surface area contributed by atoms with Crippen LogP contribution in [0, 0.1) is 46.3 Å². The molecule has 4 saturated carbocycles. The molecule has 0 aliphatic heterocycles. The highest BCUT2D eigenvalue weighted by molar-refractivity contribution is 5.87. The highest BCUT2D eigenvalue weighted by atomic mass is 16.5. The van der Waals surface area contributed by atoms with Crippen LogP contribution in [0.15, 0.2) is 0 Å². The van der Waals surface area contributed by atoms with Gasteiger partial charge < -0.3 is 4.74 Å². The molecule has 4 rings (SSSR count). The molecule has 4 aliphatic rings. The number of carbonyl (C=O) groups excluding carboxylic acids is 2. The van der Waals surface area contributed by atoms with Crippen molar-refractivity contribution in [1.29, 1.82) is 0 Å². The van der Waals surface area contributed by atoms with Crippen LogP contribution >= 0.6 is 0 Å². The Morgan fingerprint density at radius 1 is 1.10 bits per heavy atom. The van der Waals surface area contributed by atoms with Gasteiger partial charge in [0.1, 0.15) is 5.78 Å². The summed E-state index contributed by atoms with van der Waals surface area (Å²) in [7, 11) is 0. The first kappa shape index (κ1) is 21.4. The van der Waals surface area contributed by atoms with E-state index in [2.05, 4.69) is 20.8 Å². The van der Waals surface area contributed by atoms with Crippen molar-refractivity contribution in [2.45, 2.75) is 98.3 Å². The van der Waals surface area contributed by atoms with Crippen LogP contribution in [0.4, 0.5) is 0 Å². The van der Waals surface area contributed by atoms with Crippen molar-refractivity contribution in [3.8, 4) is 0 Å². The molecule has 0 aromatic heterocycles. The average molecular weight is 403 g/mol. The highest BCUT2D eigenvalue weighted by Crippen LogP contribution is 2.67. The van der Waals surface area contributed by atoms with E-state index in [1.807, 2.05) is 6.92 Å². The zero-order valence-corrected chi connectivity index (χ0v) is 19.2. The Morgan fingerprint density at radius 3 is 2.66 bits per heavy atom. The second-order valence-corrected chi connectivity index (χ2v) is 11.3. The molecule has 3 heteroatoms. The first-order valence-electron chi connectivity index (χ1n) is 12.5. The summed E-state index contributed by atoms with van der Waals surface area (Å²) >= 11 is 0. The Balaban J connectivity index is 1.51. The van der Waals surface area contributed by atoms with Gasteiger partial charge >= 0.3 is 5.97 Å². The van der Waals surface area contributed by atoms with E-state index in [0.717, 1.165) is 24.7 Å². The lowest BCUT2D eigenvalue weighted by Gasteiger charge is -2.60. The number of hydrogen-bond donors (Lipinski definition) is 0. The van der Waals surface area contributed by atoms with Crippen molar-refractivity contribution in [1.82, 2.24) is 0 Å². The summed E-state index contributed by atoms with van der Waals surface area (Å²) in [4.78, 5) is 25.6. The van der Waals surface area contributed by atoms with Crippen LogP contribution in [0.2, 0.25) is 0 Å². The summed E-state index contributed by atoms with van der Waals surface area (Å²) in [6, 6.07) is 0. The van der Waals surface area contributed by atoms with Crippen LogP contribution in [0.1, 0.15) is 98.3 Å². The van der Waals surface area contributed by atoms with Gasteiger partial charge in [0.25, 0.3) is 0 Å². The fraction of sp³-hybridized carbons (Fsp3) is 0.923. The van der Waals surface area contributed by atoms with E-state index in [1.54, 1.807) is 0 Å². The van der Waals surface area contributed by atoms with Crippen LogP contribution in [0.3, 0.4) is 0 Å². The normalized spacial score (nSPS) is 45.1. The van der Waals surface area contributed by atoms with Gasteiger partial charge in [-0.05, 0) is 92.8 Å². The smallest absolute Gasteiger partial charge is 0.305 e. The molecule has 0 N–H and O–H groups in total. The molecule has 0 spiro atoms. The molecule has 3 nitrogen and oxygen atoms in total. The largest absolute Gasteiger partial charge is 0.466 e. The molecule has 0 amide bonds. The topological polar surface area (TPSA) is 43.4 Å². The molecular formula is C26H42O3. The van der Waals surface area contributed by atoms with E-state index in [0.29, 0.717) is 47.9 Å². The Labute approximate surface area is 177 Å². The average Bonchev–Trinajstić information content (AvgIpc) is 3.06. The maximum absolute atomic E-state index is 13.7. The number of hydrogen-bond acceptors (Lipinski definition) is 3. The summed E-state index contributed by atoms with van der Waals surface area (Å²) in [5.74, 6) is 4.13. The molecule has 164 valence electrons. The van der Waals surface area contributed by atoms with Gasteiger partial charge in [0.2, 0.25) is 0 Å². The number of esters is 1. The molecular weight excluding hydrogens is 360 g/mol. The molecule has 0 aromatic carbocycles. The molecule has 0 unspecified atom stereocenters. The van der Waals surface area contributed by atoms with Crippen LogP contribution in [-0.2, 0) is 14.3 Å². The van der Waals surface area contributed by atoms with Gasteiger partial charge in [-0.2, -0.15) is 0 Å². The predicted octanol–water partition coefficient (Wildman–Crippen LogP) is 6.19. The van der Waals surface area contributed by atoms with Gasteiger partial charge in [0.05, 0.1) is 6.61 Å². The Kier molecular flexibility index (Phi) is 5.90. The van der Waals surface area contributed by atoms with Crippen molar-refractivity contribution in [2.24, 2.45) is 46.3 Å². The zero-order valence-electron chi connectivity index (χ0n) is 19.2. The minimum atomic E-state index is -0.160. The molecule has 0 heterocycles. The SMILES string of the molecule is CCOC(=O)CC[C@@H](C)[C@H]1CC[C@H]2[C@@H]3CC[C@H]4CCCC[C@]4(C)[C@H]3CC(=O)[C@]12C. The molecule has 4 fully saturated rings. The second kappa shape index (κ2) is 8.00. The van der Waals surface area contributed by atoms with Gasteiger partial charge in [-0.25, -0.2) is 0 Å². The molecule has 8 atom stereocenters.